The normalized spacial score (nSPS) is 20.6. The maximum atomic E-state index is 11.7. The van der Waals surface area contributed by atoms with Crippen molar-refractivity contribution in [3.63, 3.8) is 0 Å². The number of carbonyl (C=O) groups excluding carboxylic acids is 1. The summed E-state index contributed by atoms with van der Waals surface area (Å²) in [4.78, 5) is 13.4. The van der Waals surface area contributed by atoms with Crippen molar-refractivity contribution in [2.45, 2.75) is 26.0 Å². The minimum Gasteiger partial charge on any atom is -0.392 e. The van der Waals surface area contributed by atoms with Gasteiger partial charge >= 0.3 is 0 Å². The number of nitrogens with zero attached hydrogens (tertiary/aromatic N) is 1. The summed E-state index contributed by atoms with van der Waals surface area (Å²) in [6, 6.07) is 5.53. The van der Waals surface area contributed by atoms with Crippen molar-refractivity contribution in [1.82, 2.24) is 0 Å². The molecule has 1 heterocycles. The Bertz CT molecular complexity index is 417. The van der Waals surface area contributed by atoms with Gasteiger partial charge in [-0.1, -0.05) is 12.1 Å². The van der Waals surface area contributed by atoms with E-state index in [1.807, 2.05) is 25.1 Å². The van der Waals surface area contributed by atoms with Crippen molar-refractivity contribution in [2.75, 3.05) is 11.4 Å². The number of carbonyl (C=O) groups is 1. The maximum absolute atomic E-state index is 11.7. The summed E-state index contributed by atoms with van der Waals surface area (Å²) in [6.45, 7) is 2.47. The number of hydrogen-bond acceptors (Lipinski definition) is 3. The highest BCUT2D eigenvalue weighted by atomic mass is 16.3. The van der Waals surface area contributed by atoms with Crippen LogP contribution in [-0.4, -0.2) is 23.6 Å². The first-order chi connectivity index (χ1) is 7.63. The molecule has 1 unspecified atom stereocenters. The SMILES string of the molecule is Cc1c(CO)cccc1N1CC(N)CC1=O. The molecular weight excluding hydrogens is 204 g/mol. The zero-order valence-electron chi connectivity index (χ0n) is 9.31. The van der Waals surface area contributed by atoms with E-state index in [-0.39, 0.29) is 18.6 Å². The van der Waals surface area contributed by atoms with Crippen LogP contribution in [-0.2, 0) is 11.4 Å². The molecule has 16 heavy (non-hydrogen) atoms. The quantitative estimate of drug-likeness (QED) is 0.765. The molecule has 86 valence electrons. The summed E-state index contributed by atoms with van der Waals surface area (Å²) in [5.41, 5.74) is 8.43. The lowest BCUT2D eigenvalue weighted by Gasteiger charge is -2.20. The highest BCUT2D eigenvalue weighted by Crippen LogP contribution is 2.26. The summed E-state index contributed by atoms with van der Waals surface area (Å²) in [7, 11) is 0. The number of amides is 1. The molecule has 0 bridgehead atoms. The molecule has 1 aliphatic rings. The fourth-order valence-electron chi connectivity index (χ4n) is 2.10. The first-order valence-corrected chi connectivity index (χ1v) is 5.38. The molecule has 0 saturated carbocycles. The second kappa shape index (κ2) is 4.23. The van der Waals surface area contributed by atoms with Crippen molar-refractivity contribution in [3.8, 4) is 0 Å². The number of nitrogens with two attached hydrogens (primary N) is 1. The molecule has 1 aromatic carbocycles. The van der Waals surface area contributed by atoms with Gasteiger partial charge in [0.1, 0.15) is 0 Å². The molecule has 1 saturated heterocycles. The molecule has 1 atom stereocenters. The van der Waals surface area contributed by atoms with E-state index in [1.165, 1.54) is 0 Å². The minimum atomic E-state index is -0.0790. The molecule has 0 aliphatic carbocycles. The molecule has 1 aliphatic heterocycles. The van der Waals surface area contributed by atoms with Crippen LogP contribution in [0.3, 0.4) is 0 Å². The highest BCUT2D eigenvalue weighted by molar-refractivity contribution is 5.97. The van der Waals surface area contributed by atoms with E-state index < -0.39 is 0 Å². The second-order valence-electron chi connectivity index (χ2n) is 4.19. The summed E-state index contributed by atoms with van der Waals surface area (Å²) >= 11 is 0. The molecule has 1 aromatic rings. The molecule has 0 radical (unpaired) electrons. The van der Waals surface area contributed by atoms with Crippen LogP contribution < -0.4 is 10.6 Å². The smallest absolute Gasteiger partial charge is 0.228 e. The van der Waals surface area contributed by atoms with E-state index in [4.69, 9.17) is 5.73 Å². The number of anilines is 1. The summed E-state index contributed by atoms with van der Waals surface area (Å²) < 4.78 is 0. The van der Waals surface area contributed by atoms with Crippen LogP contribution in [0.15, 0.2) is 18.2 Å². The van der Waals surface area contributed by atoms with E-state index in [1.54, 1.807) is 4.90 Å². The summed E-state index contributed by atoms with van der Waals surface area (Å²) in [5, 5.41) is 9.18. The van der Waals surface area contributed by atoms with Gasteiger partial charge in [0, 0.05) is 24.7 Å². The third kappa shape index (κ3) is 1.81. The lowest BCUT2D eigenvalue weighted by atomic mass is 10.1. The van der Waals surface area contributed by atoms with Gasteiger partial charge in [0.25, 0.3) is 0 Å². The van der Waals surface area contributed by atoms with Gasteiger partial charge in [-0.3, -0.25) is 4.79 Å². The number of rotatable bonds is 2. The molecule has 0 spiro atoms. The molecule has 1 amide bonds. The van der Waals surface area contributed by atoms with E-state index in [0.29, 0.717) is 13.0 Å². The van der Waals surface area contributed by atoms with Gasteiger partial charge < -0.3 is 15.7 Å². The molecule has 0 aromatic heterocycles. The highest BCUT2D eigenvalue weighted by Gasteiger charge is 2.29. The van der Waals surface area contributed by atoms with Gasteiger partial charge in [-0.2, -0.15) is 0 Å². The summed E-state index contributed by atoms with van der Waals surface area (Å²) in [5.74, 6) is 0.0608. The van der Waals surface area contributed by atoms with Crippen LogP contribution in [0.25, 0.3) is 0 Å². The molecule has 4 nitrogen and oxygen atoms in total. The average molecular weight is 220 g/mol. The zero-order valence-corrected chi connectivity index (χ0v) is 9.31. The number of aliphatic hydroxyl groups is 1. The Morgan fingerprint density at radius 2 is 2.31 bits per heavy atom. The van der Waals surface area contributed by atoms with Gasteiger partial charge in [-0.15, -0.1) is 0 Å². The number of hydrogen-bond donors (Lipinski definition) is 2. The fourth-order valence-corrected chi connectivity index (χ4v) is 2.10. The molecule has 3 N–H and O–H groups in total. The predicted molar refractivity (Wildman–Crippen MR) is 62.0 cm³/mol. The van der Waals surface area contributed by atoms with E-state index in [2.05, 4.69) is 0 Å². The molecule has 2 rings (SSSR count). The number of benzene rings is 1. The van der Waals surface area contributed by atoms with E-state index in [9.17, 15) is 9.90 Å². The van der Waals surface area contributed by atoms with Gasteiger partial charge in [-0.25, -0.2) is 0 Å². The number of aliphatic hydroxyl groups excluding tert-OH is 1. The Balaban J connectivity index is 2.37. The molecule has 4 heteroatoms. The Hall–Kier alpha value is -1.39. The van der Waals surface area contributed by atoms with Gasteiger partial charge in [-0.05, 0) is 24.1 Å². The second-order valence-corrected chi connectivity index (χ2v) is 4.19. The summed E-state index contributed by atoms with van der Waals surface area (Å²) in [6.07, 6.45) is 0.406. The van der Waals surface area contributed by atoms with Crippen molar-refractivity contribution in [2.24, 2.45) is 5.73 Å². The fraction of sp³-hybridized carbons (Fsp3) is 0.417. The largest absolute Gasteiger partial charge is 0.392 e. The van der Waals surface area contributed by atoms with Crippen molar-refractivity contribution in [3.05, 3.63) is 29.3 Å². The van der Waals surface area contributed by atoms with Crippen molar-refractivity contribution in [1.29, 1.82) is 0 Å². The van der Waals surface area contributed by atoms with Crippen LogP contribution in [0.1, 0.15) is 17.5 Å². The van der Waals surface area contributed by atoms with E-state index in [0.717, 1.165) is 16.8 Å². The van der Waals surface area contributed by atoms with Gasteiger partial charge in [0.05, 0.1) is 6.61 Å². The van der Waals surface area contributed by atoms with Crippen molar-refractivity contribution >= 4 is 11.6 Å². The van der Waals surface area contributed by atoms with Gasteiger partial charge in [0.15, 0.2) is 0 Å². The van der Waals surface area contributed by atoms with Crippen LogP contribution in [0.2, 0.25) is 0 Å². The Kier molecular flexibility index (Phi) is 2.94. The van der Waals surface area contributed by atoms with Crippen LogP contribution >= 0.6 is 0 Å². The monoisotopic (exact) mass is 220 g/mol. The van der Waals surface area contributed by atoms with Crippen LogP contribution in [0, 0.1) is 6.92 Å². The van der Waals surface area contributed by atoms with Crippen LogP contribution in [0.5, 0.6) is 0 Å². The molecule has 1 fully saturated rings. The standard InChI is InChI=1S/C12H16N2O2/c1-8-9(7-15)3-2-4-11(8)14-6-10(13)5-12(14)16/h2-4,10,15H,5-7,13H2,1H3. The lowest BCUT2D eigenvalue weighted by Crippen LogP contribution is -2.28. The lowest BCUT2D eigenvalue weighted by molar-refractivity contribution is -0.117. The Morgan fingerprint density at radius 3 is 2.88 bits per heavy atom. The zero-order chi connectivity index (χ0) is 11.7. The Morgan fingerprint density at radius 1 is 1.56 bits per heavy atom. The third-order valence-electron chi connectivity index (χ3n) is 3.03. The average Bonchev–Trinajstić information content (AvgIpc) is 2.58. The first kappa shape index (κ1) is 11.1. The molecular formula is C12H16N2O2. The van der Waals surface area contributed by atoms with Crippen molar-refractivity contribution < 1.29 is 9.90 Å². The van der Waals surface area contributed by atoms with Crippen LogP contribution in [0.4, 0.5) is 5.69 Å². The topological polar surface area (TPSA) is 66.6 Å². The predicted octanol–water partition coefficient (Wildman–Crippen LogP) is 0.551. The third-order valence-corrected chi connectivity index (χ3v) is 3.03. The Labute approximate surface area is 94.7 Å². The first-order valence-electron chi connectivity index (χ1n) is 5.38. The minimum absolute atomic E-state index is 0.00619. The van der Waals surface area contributed by atoms with Gasteiger partial charge in [0.2, 0.25) is 5.91 Å². The van der Waals surface area contributed by atoms with E-state index >= 15 is 0 Å². The maximum Gasteiger partial charge on any atom is 0.228 e.